The molecule has 0 aliphatic heterocycles. The largest absolute Gasteiger partial charge is 0.451 e. The third-order valence-electron chi connectivity index (χ3n) is 4.90. The minimum absolute atomic E-state index is 0.127. The zero-order valence-corrected chi connectivity index (χ0v) is 17.0. The zero-order valence-electron chi connectivity index (χ0n) is 17.0. The van der Waals surface area contributed by atoms with Gasteiger partial charge in [0, 0.05) is 11.8 Å². The van der Waals surface area contributed by atoms with Crippen LogP contribution in [0.1, 0.15) is 69.8 Å². The first-order chi connectivity index (χ1) is 13.2. The molecule has 2 aromatic heterocycles. The van der Waals surface area contributed by atoms with E-state index >= 15 is 0 Å². The molecule has 2 heterocycles. The average Bonchev–Trinajstić information content (AvgIpc) is 3.07. The average molecular weight is 380 g/mol. The topological polar surface area (TPSA) is 82.3 Å². The quantitative estimate of drug-likeness (QED) is 0.471. The SMILES string of the molecule is Cc1cc(C)c(C(=O)[C@H](C)OC(=O)c2cnc3onc(C(C)C)c3c2)cc1C. The Balaban J connectivity index is 1.82. The molecule has 146 valence electrons. The molecule has 6 nitrogen and oxygen atoms in total. The monoisotopic (exact) mass is 380 g/mol. The lowest BCUT2D eigenvalue weighted by molar-refractivity contribution is 0.0318. The fourth-order valence-electron chi connectivity index (χ4n) is 3.11. The van der Waals surface area contributed by atoms with E-state index in [1.54, 1.807) is 13.0 Å². The van der Waals surface area contributed by atoms with Crippen LogP contribution in [0.25, 0.3) is 11.1 Å². The number of aryl methyl sites for hydroxylation is 3. The van der Waals surface area contributed by atoms with E-state index in [0.29, 0.717) is 16.7 Å². The molecule has 3 rings (SSSR count). The second-order valence-corrected chi connectivity index (χ2v) is 7.46. The van der Waals surface area contributed by atoms with E-state index in [9.17, 15) is 9.59 Å². The van der Waals surface area contributed by atoms with Gasteiger partial charge in [0.1, 0.15) is 0 Å². The van der Waals surface area contributed by atoms with Gasteiger partial charge in [0.05, 0.1) is 16.6 Å². The van der Waals surface area contributed by atoms with Crippen LogP contribution in [0.4, 0.5) is 0 Å². The van der Waals surface area contributed by atoms with Crippen LogP contribution in [-0.2, 0) is 4.74 Å². The van der Waals surface area contributed by atoms with Crippen molar-refractivity contribution in [3.05, 3.63) is 57.9 Å². The molecule has 0 N–H and O–H groups in total. The molecule has 0 saturated heterocycles. The van der Waals surface area contributed by atoms with Crippen LogP contribution in [0.5, 0.6) is 0 Å². The summed E-state index contributed by atoms with van der Waals surface area (Å²) in [6.45, 7) is 11.4. The smallest absolute Gasteiger partial charge is 0.340 e. The van der Waals surface area contributed by atoms with Crippen LogP contribution in [0.2, 0.25) is 0 Å². The lowest BCUT2D eigenvalue weighted by Gasteiger charge is -2.15. The molecule has 3 aromatic rings. The number of fused-ring (bicyclic) bond motifs is 1. The zero-order chi connectivity index (χ0) is 20.6. The van der Waals surface area contributed by atoms with Crippen LogP contribution in [0.15, 0.2) is 28.9 Å². The predicted octanol–water partition coefficient (Wildman–Crippen LogP) is 4.70. The maximum Gasteiger partial charge on any atom is 0.340 e. The number of hydrogen-bond donors (Lipinski definition) is 0. The summed E-state index contributed by atoms with van der Waals surface area (Å²) < 4.78 is 10.6. The number of carbonyl (C=O) groups excluding carboxylic acids is 2. The van der Waals surface area contributed by atoms with Gasteiger partial charge in [0.2, 0.25) is 5.78 Å². The van der Waals surface area contributed by atoms with E-state index in [2.05, 4.69) is 10.1 Å². The lowest BCUT2D eigenvalue weighted by atomic mass is 9.96. The first-order valence-electron chi connectivity index (χ1n) is 9.27. The Bertz CT molecular complexity index is 1070. The maximum atomic E-state index is 12.8. The molecule has 0 spiro atoms. The number of rotatable bonds is 5. The van der Waals surface area contributed by atoms with Crippen LogP contribution in [-0.4, -0.2) is 28.0 Å². The van der Waals surface area contributed by atoms with Crippen LogP contribution in [0.3, 0.4) is 0 Å². The van der Waals surface area contributed by atoms with Crippen molar-refractivity contribution in [1.29, 1.82) is 0 Å². The van der Waals surface area contributed by atoms with Gasteiger partial charge < -0.3 is 9.26 Å². The van der Waals surface area contributed by atoms with Gasteiger partial charge in [-0.05, 0) is 62.4 Å². The highest BCUT2D eigenvalue weighted by Gasteiger charge is 2.23. The second-order valence-electron chi connectivity index (χ2n) is 7.46. The van der Waals surface area contributed by atoms with Gasteiger partial charge in [-0.3, -0.25) is 4.79 Å². The molecule has 0 saturated carbocycles. The van der Waals surface area contributed by atoms with Crippen LogP contribution >= 0.6 is 0 Å². The number of hydrogen-bond acceptors (Lipinski definition) is 6. The Morgan fingerprint density at radius 1 is 1.00 bits per heavy atom. The molecule has 6 heteroatoms. The first kappa shape index (κ1) is 19.7. The molecule has 0 radical (unpaired) electrons. The Morgan fingerprint density at radius 3 is 2.36 bits per heavy atom. The number of carbonyl (C=O) groups is 2. The van der Waals surface area contributed by atoms with Crippen molar-refractivity contribution in [1.82, 2.24) is 10.1 Å². The van der Waals surface area contributed by atoms with Gasteiger partial charge >= 0.3 is 5.97 Å². The normalized spacial score (nSPS) is 12.4. The number of nitrogens with zero attached hydrogens (tertiary/aromatic N) is 2. The minimum atomic E-state index is -0.906. The number of esters is 1. The van der Waals surface area contributed by atoms with Crippen molar-refractivity contribution in [3.8, 4) is 0 Å². The number of pyridine rings is 1. The molecule has 0 aliphatic rings. The summed E-state index contributed by atoms with van der Waals surface area (Å²) in [5.41, 5.74) is 4.93. The Kier molecular flexibility index (Phi) is 5.31. The molecule has 1 aromatic carbocycles. The molecule has 0 amide bonds. The number of Topliss-reactive ketones (excluding diaryl/α,β-unsaturated/α-hetero) is 1. The first-order valence-corrected chi connectivity index (χ1v) is 9.27. The number of ether oxygens (including phenoxy) is 1. The van der Waals surface area contributed by atoms with E-state index in [-0.39, 0.29) is 17.3 Å². The van der Waals surface area contributed by atoms with Crippen LogP contribution in [0, 0.1) is 20.8 Å². The van der Waals surface area contributed by atoms with Crippen molar-refractivity contribution in [2.24, 2.45) is 0 Å². The van der Waals surface area contributed by atoms with Gasteiger partial charge in [-0.15, -0.1) is 0 Å². The van der Waals surface area contributed by atoms with Gasteiger partial charge in [-0.25, -0.2) is 9.78 Å². The molecule has 1 atom stereocenters. The second kappa shape index (κ2) is 7.54. The van der Waals surface area contributed by atoms with E-state index in [0.717, 1.165) is 22.4 Å². The molecular formula is C22H24N2O4. The highest BCUT2D eigenvalue weighted by Crippen LogP contribution is 2.25. The summed E-state index contributed by atoms with van der Waals surface area (Å²) in [5.74, 6) is -0.703. The third kappa shape index (κ3) is 3.67. The summed E-state index contributed by atoms with van der Waals surface area (Å²) in [4.78, 5) is 29.5. The molecule has 0 bridgehead atoms. The van der Waals surface area contributed by atoms with E-state index in [4.69, 9.17) is 9.26 Å². The van der Waals surface area contributed by atoms with E-state index in [1.165, 1.54) is 6.20 Å². The van der Waals surface area contributed by atoms with Crippen molar-refractivity contribution in [2.75, 3.05) is 0 Å². The fraction of sp³-hybridized carbons (Fsp3) is 0.364. The van der Waals surface area contributed by atoms with Gasteiger partial charge in [0.15, 0.2) is 6.10 Å². The number of benzene rings is 1. The Morgan fingerprint density at radius 2 is 1.68 bits per heavy atom. The molecule has 28 heavy (non-hydrogen) atoms. The number of aromatic nitrogens is 2. The Hall–Kier alpha value is -3.02. The van der Waals surface area contributed by atoms with Gasteiger partial charge in [-0.2, -0.15) is 0 Å². The number of ketones is 1. The van der Waals surface area contributed by atoms with Crippen LogP contribution < -0.4 is 0 Å². The Labute approximate surface area is 163 Å². The summed E-state index contributed by atoms with van der Waals surface area (Å²) in [7, 11) is 0. The summed E-state index contributed by atoms with van der Waals surface area (Å²) in [6.07, 6.45) is 0.467. The summed E-state index contributed by atoms with van der Waals surface area (Å²) in [6, 6.07) is 5.46. The highest BCUT2D eigenvalue weighted by atomic mass is 16.5. The highest BCUT2D eigenvalue weighted by molar-refractivity contribution is 6.03. The van der Waals surface area contributed by atoms with Crippen molar-refractivity contribution < 1.29 is 18.8 Å². The predicted molar refractivity (Wildman–Crippen MR) is 106 cm³/mol. The van der Waals surface area contributed by atoms with Crippen molar-refractivity contribution in [3.63, 3.8) is 0 Å². The fourth-order valence-corrected chi connectivity index (χ4v) is 3.11. The summed E-state index contributed by atoms with van der Waals surface area (Å²) in [5, 5.41) is 4.68. The molecule has 0 unspecified atom stereocenters. The maximum absolute atomic E-state index is 12.8. The lowest BCUT2D eigenvalue weighted by Crippen LogP contribution is -2.25. The van der Waals surface area contributed by atoms with Gasteiger partial charge in [0.25, 0.3) is 5.71 Å². The molecule has 0 aliphatic carbocycles. The van der Waals surface area contributed by atoms with Gasteiger partial charge in [-0.1, -0.05) is 25.1 Å². The van der Waals surface area contributed by atoms with E-state index < -0.39 is 12.1 Å². The summed E-state index contributed by atoms with van der Waals surface area (Å²) >= 11 is 0. The van der Waals surface area contributed by atoms with E-state index in [1.807, 2.05) is 46.8 Å². The van der Waals surface area contributed by atoms with Crippen molar-refractivity contribution in [2.45, 2.75) is 53.6 Å². The third-order valence-corrected chi connectivity index (χ3v) is 4.90. The molecule has 0 fully saturated rings. The minimum Gasteiger partial charge on any atom is -0.451 e. The molecular weight excluding hydrogens is 356 g/mol. The standard InChI is InChI=1S/C22H24N2O4/c1-11(2)19-18-9-16(10-23-21(18)28-24-19)22(26)27-15(6)20(25)17-8-13(4)12(3)7-14(17)5/h7-11,15H,1-6H3/t15-/m0/s1. The van der Waals surface area contributed by atoms with Crippen molar-refractivity contribution >= 4 is 22.9 Å².